The van der Waals surface area contributed by atoms with Gasteiger partial charge in [-0.15, -0.1) is 0 Å². The van der Waals surface area contributed by atoms with E-state index in [1.54, 1.807) is 0 Å². The number of esters is 2. The van der Waals surface area contributed by atoms with Gasteiger partial charge in [-0.1, -0.05) is 69.7 Å². The van der Waals surface area contributed by atoms with E-state index < -0.39 is 11.9 Å². The number of carbonyl (C=O) groups is 2. The number of carbonyl (C=O) groups excluding carboxylic acids is 2. The lowest BCUT2D eigenvalue weighted by Crippen LogP contribution is -2.36. The van der Waals surface area contributed by atoms with Gasteiger partial charge in [-0.2, -0.15) is 0 Å². The van der Waals surface area contributed by atoms with Crippen LogP contribution in [0.5, 0.6) is 0 Å². The maximum atomic E-state index is 12.3. The number of hydrogen-bond donors (Lipinski definition) is 0. The predicted octanol–water partition coefficient (Wildman–Crippen LogP) is 4.93. The molecule has 0 radical (unpaired) electrons. The molecule has 0 amide bonds. The fourth-order valence-electron chi connectivity index (χ4n) is 4.25. The standard InChI is InChI=1S/C24H30O4/c1-16(2)20-12-11-17(3)13-22(20)28-24(26)15-27-23(25)14-19-9-6-8-18-7-4-5-10-21(18)19/h4-10,16-17,20,22H,11-15H2,1-3H3. The molecule has 0 heterocycles. The fraction of sp³-hybridized carbons (Fsp3) is 0.500. The monoisotopic (exact) mass is 382 g/mol. The van der Waals surface area contributed by atoms with Crippen LogP contribution in [-0.4, -0.2) is 24.6 Å². The minimum atomic E-state index is -0.448. The second-order valence-corrected chi connectivity index (χ2v) is 8.33. The van der Waals surface area contributed by atoms with Gasteiger partial charge in [0.15, 0.2) is 6.61 Å². The first-order valence-electron chi connectivity index (χ1n) is 10.3. The molecule has 3 unspecified atom stereocenters. The average Bonchev–Trinajstić information content (AvgIpc) is 2.66. The molecule has 1 aliphatic carbocycles. The molecule has 1 fully saturated rings. The number of hydrogen-bond acceptors (Lipinski definition) is 4. The van der Waals surface area contributed by atoms with E-state index in [0.29, 0.717) is 17.8 Å². The molecule has 1 aliphatic rings. The smallest absolute Gasteiger partial charge is 0.344 e. The van der Waals surface area contributed by atoms with Gasteiger partial charge < -0.3 is 9.47 Å². The summed E-state index contributed by atoms with van der Waals surface area (Å²) in [4.78, 5) is 24.5. The summed E-state index contributed by atoms with van der Waals surface area (Å²) < 4.78 is 10.9. The van der Waals surface area contributed by atoms with Crippen LogP contribution in [0.3, 0.4) is 0 Å². The first-order valence-corrected chi connectivity index (χ1v) is 10.3. The minimum absolute atomic E-state index is 0.0759. The maximum Gasteiger partial charge on any atom is 0.344 e. The van der Waals surface area contributed by atoms with Crippen molar-refractivity contribution in [3.05, 3.63) is 48.0 Å². The Morgan fingerprint density at radius 3 is 2.57 bits per heavy atom. The number of ether oxygens (including phenoxy) is 2. The molecule has 3 atom stereocenters. The summed E-state index contributed by atoms with van der Waals surface area (Å²) in [6, 6.07) is 13.8. The molecule has 28 heavy (non-hydrogen) atoms. The van der Waals surface area contributed by atoms with Crippen LogP contribution in [0.15, 0.2) is 42.5 Å². The normalized spacial score (nSPS) is 22.2. The highest BCUT2D eigenvalue weighted by molar-refractivity contribution is 5.89. The molecule has 0 aromatic heterocycles. The fourth-order valence-corrected chi connectivity index (χ4v) is 4.25. The Hall–Kier alpha value is -2.36. The molecule has 2 aromatic carbocycles. The summed E-state index contributed by atoms with van der Waals surface area (Å²) in [5.41, 5.74) is 0.900. The summed E-state index contributed by atoms with van der Waals surface area (Å²) in [6.07, 6.45) is 3.21. The van der Waals surface area contributed by atoms with Gasteiger partial charge in [0.05, 0.1) is 6.42 Å². The van der Waals surface area contributed by atoms with E-state index in [4.69, 9.17) is 9.47 Å². The molecule has 4 heteroatoms. The lowest BCUT2D eigenvalue weighted by molar-refractivity contribution is -0.166. The van der Waals surface area contributed by atoms with E-state index in [1.165, 1.54) is 6.42 Å². The molecule has 1 saturated carbocycles. The van der Waals surface area contributed by atoms with Crippen molar-refractivity contribution in [2.24, 2.45) is 17.8 Å². The molecular weight excluding hydrogens is 352 g/mol. The Morgan fingerprint density at radius 2 is 1.79 bits per heavy atom. The summed E-state index contributed by atoms with van der Waals surface area (Å²) in [6.45, 7) is 6.22. The Labute approximate surface area is 167 Å². The SMILES string of the molecule is CC1CCC(C(C)C)C(OC(=O)COC(=O)Cc2cccc3ccccc23)C1. The van der Waals surface area contributed by atoms with Crippen molar-refractivity contribution in [3.8, 4) is 0 Å². The highest BCUT2D eigenvalue weighted by Crippen LogP contribution is 2.35. The van der Waals surface area contributed by atoms with Crippen LogP contribution >= 0.6 is 0 Å². The highest BCUT2D eigenvalue weighted by Gasteiger charge is 2.33. The molecule has 0 spiro atoms. The zero-order chi connectivity index (χ0) is 20.1. The lowest BCUT2D eigenvalue weighted by atomic mass is 9.75. The summed E-state index contributed by atoms with van der Waals surface area (Å²) >= 11 is 0. The van der Waals surface area contributed by atoms with Crippen molar-refractivity contribution in [1.29, 1.82) is 0 Å². The quantitative estimate of drug-likeness (QED) is 0.665. The van der Waals surface area contributed by atoms with Crippen LogP contribution in [-0.2, 0) is 25.5 Å². The summed E-state index contributed by atoms with van der Waals surface area (Å²) in [5, 5.41) is 2.11. The van der Waals surface area contributed by atoms with Crippen LogP contribution in [0.25, 0.3) is 10.8 Å². The molecule has 0 aliphatic heterocycles. The third-order valence-electron chi connectivity index (χ3n) is 5.81. The molecule has 150 valence electrons. The Bertz CT molecular complexity index is 821. The zero-order valence-corrected chi connectivity index (χ0v) is 17.0. The van der Waals surface area contributed by atoms with E-state index in [-0.39, 0.29) is 19.1 Å². The van der Waals surface area contributed by atoms with Crippen molar-refractivity contribution < 1.29 is 19.1 Å². The molecule has 0 bridgehead atoms. The second kappa shape index (κ2) is 9.22. The third kappa shape index (κ3) is 5.12. The van der Waals surface area contributed by atoms with Crippen molar-refractivity contribution in [1.82, 2.24) is 0 Å². The van der Waals surface area contributed by atoms with E-state index >= 15 is 0 Å². The number of fused-ring (bicyclic) bond motifs is 1. The largest absolute Gasteiger partial charge is 0.460 e. The maximum absolute atomic E-state index is 12.3. The van der Waals surface area contributed by atoms with Crippen LogP contribution in [0.1, 0.15) is 45.6 Å². The zero-order valence-electron chi connectivity index (χ0n) is 17.0. The van der Waals surface area contributed by atoms with E-state index in [1.807, 2.05) is 42.5 Å². The van der Waals surface area contributed by atoms with E-state index in [2.05, 4.69) is 20.8 Å². The number of benzene rings is 2. The highest BCUT2D eigenvalue weighted by atomic mass is 16.6. The minimum Gasteiger partial charge on any atom is -0.460 e. The molecule has 2 aromatic rings. The average molecular weight is 383 g/mol. The van der Waals surface area contributed by atoms with Crippen LogP contribution in [0.4, 0.5) is 0 Å². The topological polar surface area (TPSA) is 52.6 Å². The van der Waals surface area contributed by atoms with Crippen LogP contribution < -0.4 is 0 Å². The molecule has 0 saturated heterocycles. The van der Waals surface area contributed by atoms with Crippen LogP contribution in [0, 0.1) is 17.8 Å². The summed E-state index contributed by atoms with van der Waals surface area (Å²) in [5.74, 6) is 0.550. The molecular formula is C24H30O4. The predicted molar refractivity (Wildman–Crippen MR) is 110 cm³/mol. The van der Waals surface area contributed by atoms with Gasteiger partial charge in [0.25, 0.3) is 0 Å². The van der Waals surface area contributed by atoms with Crippen molar-refractivity contribution in [2.75, 3.05) is 6.61 Å². The van der Waals surface area contributed by atoms with Gasteiger partial charge >= 0.3 is 11.9 Å². The van der Waals surface area contributed by atoms with Gasteiger partial charge in [-0.3, -0.25) is 4.79 Å². The van der Waals surface area contributed by atoms with Crippen molar-refractivity contribution in [2.45, 2.75) is 52.6 Å². The lowest BCUT2D eigenvalue weighted by Gasteiger charge is -2.36. The Morgan fingerprint density at radius 1 is 1.04 bits per heavy atom. The van der Waals surface area contributed by atoms with E-state index in [0.717, 1.165) is 29.2 Å². The van der Waals surface area contributed by atoms with E-state index in [9.17, 15) is 9.59 Å². The van der Waals surface area contributed by atoms with Gasteiger partial charge in [-0.25, -0.2) is 4.79 Å². The second-order valence-electron chi connectivity index (χ2n) is 8.33. The van der Waals surface area contributed by atoms with Crippen molar-refractivity contribution in [3.63, 3.8) is 0 Å². The van der Waals surface area contributed by atoms with Gasteiger partial charge in [0.1, 0.15) is 6.10 Å². The molecule has 4 nitrogen and oxygen atoms in total. The third-order valence-corrected chi connectivity index (χ3v) is 5.81. The van der Waals surface area contributed by atoms with Crippen LogP contribution in [0.2, 0.25) is 0 Å². The van der Waals surface area contributed by atoms with Crippen molar-refractivity contribution >= 4 is 22.7 Å². The summed E-state index contributed by atoms with van der Waals surface area (Å²) in [7, 11) is 0. The Balaban J connectivity index is 1.53. The Kier molecular flexibility index (Phi) is 6.71. The van der Waals surface area contributed by atoms with Gasteiger partial charge in [0, 0.05) is 0 Å². The first-order chi connectivity index (χ1) is 13.4. The molecule has 0 N–H and O–H groups in total. The first kappa shape index (κ1) is 20.4. The molecule has 3 rings (SSSR count). The van der Waals surface area contributed by atoms with Gasteiger partial charge in [-0.05, 0) is 46.9 Å². The number of rotatable bonds is 6. The van der Waals surface area contributed by atoms with Gasteiger partial charge in [0.2, 0.25) is 0 Å².